The average molecular weight is 440 g/mol. The van der Waals surface area contributed by atoms with Crippen molar-refractivity contribution in [3.8, 4) is 5.75 Å². The van der Waals surface area contributed by atoms with Gasteiger partial charge in [-0.2, -0.15) is 18.3 Å². The number of nitrogens with zero attached hydrogens (tertiary/aromatic N) is 4. The van der Waals surface area contributed by atoms with Gasteiger partial charge in [0, 0.05) is 19.0 Å². The molecule has 1 aliphatic rings. The number of benzene rings is 1. The first-order valence-corrected chi connectivity index (χ1v) is 10.2. The molecule has 2 unspecified atom stereocenters. The molecule has 1 aromatic carbocycles. The van der Waals surface area contributed by atoms with Crippen LogP contribution >= 0.6 is 0 Å². The highest BCUT2D eigenvalue weighted by Crippen LogP contribution is 2.30. The second-order valence-corrected chi connectivity index (χ2v) is 7.34. The molecule has 0 saturated heterocycles. The highest BCUT2D eigenvalue weighted by atomic mass is 19.4. The maximum absolute atomic E-state index is 12.6. The molecule has 0 saturated carbocycles. The number of aromatic nitrogens is 3. The Balaban J connectivity index is 1.49. The summed E-state index contributed by atoms with van der Waals surface area (Å²) >= 11 is 0. The van der Waals surface area contributed by atoms with E-state index in [0.29, 0.717) is 19.0 Å². The fourth-order valence-electron chi connectivity index (χ4n) is 3.25. The number of aliphatic hydroxyl groups excluding tert-OH is 1. The van der Waals surface area contributed by atoms with Crippen molar-refractivity contribution < 1.29 is 23.0 Å². The number of hydrogen-bond acceptors (Lipinski definition) is 5. The molecule has 0 aliphatic carbocycles. The number of aryl methyl sites for hydroxylation is 2. The second-order valence-electron chi connectivity index (χ2n) is 7.34. The number of ether oxygens (including phenoxy) is 1. The van der Waals surface area contributed by atoms with Crippen molar-refractivity contribution in [3.63, 3.8) is 0 Å². The fourth-order valence-corrected chi connectivity index (χ4v) is 3.25. The summed E-state index contributed by atoms with van der Waals surface area (Å²) in [6.07, 6.45) is -3.59. The molecule has 0 spiro atoms. The van der Waals surface area contributed by atoms with Crippen LogP contribution in [0.1, 0.15) is 30.6 Å². The Hall–Kier alpha value is -2.82. The van der Waals surface area contributed by atoms with E-state index in [2.05, 4.69) is 25.7 Å². The minimum atomic E-state index is -4.39. The number of alkyl halides is 3. The minimum absolute atomic E-state index is 0.0797. The van der Waals surface area contributed by atoms with Crippen LogP contribution in [0.25, 0.3) is 0 Å². The smallest absolute Gasteiger partial charge is 0.416 e. The summed E-state index contributed by atoms with van der Waals surface area (Å²) in [7, 11) is 0. The van der Waals surface area contributed by atoms with E-state index in [4.69, 9.17) is 4.74 Å². The zero-order valence-electron chi connectivity index (χ0n) is 17.5. The van der Waals surface area contributed by atoms with Crippen molar-refractivity contribution in [1.82, 2.24) is 25.4 Å². The first-order chi connectivity index (χ1) is 14.7. The summed E-state index contributed by atoms with van der Waals surface area (Å²) < 4.78 is 45.1. The van der Waals surface area contributed by atoms with Crippen LogP contribution in [0, 0.1) is 6.92 Å². The summed E-state index contributed by atoms with van der Waals surface area (Å²) in [6.45, 7) is 5.15. The van der Waals surface area contributed by atoms with Crippen molar-refractivity contribution in [3.05, 3.63) is 41.5 Å². The highest BCUT2D eigenvalue weighted by Gasteiger charge is 2.30. The number of halogens is 3. The van der Waals surface area contributed by atoms with Gasteiger partial charge in [-0.15, -0.1) is 0 Å². The minimum Gasteiger partial charge on any atom is -0.491 e. The SMILES string of the molecule is CCNC(=NCC(O)COc1ccc(C(F)(F)F)cc1)NC1CCc2nc(C)nn2C1. The van der Waals surface area contributed by atoms with Crippen molar-refractivity contribution in [2.45, 2.75) is 51.6 Å². The molecule has 0 amide bonds. The van der Waals surface area contributed by atoms with E-state index in [1.54, 1.807) is 0 Å². The Bertz CT molecular complexity index is 882. The quantitative estimate of drug-likeness (QED) is 0.450. The number of rotatable bonds is 7. The zero-order chi connectivity index (χ0) is 22.4. The van der Waals surface area contributed by atoms with Gasteiger partial charge in [-0.3, -0.25) is 4.99 Å². The molecule has 3 rings (SSSR count). The maximum Gasteiger partial charge on any atom is 0.416 e. The van der Waals surface area contributed by atoms with Gasteiger partial charge in [0.1, 0.15) is 30.1 Å². The Morgan fingerprint density at radius 2 is 2.10 bits per heavy atom. The van der Waals surface area contributed by atoms with Crippen LogP contribution in [0.3, 0.4) is 0 Å². The Kier molecular flexibility index (Phi) is 7.37. The zero-order valence-corrected chi connectivity index (χ0v) is 17.5. The van der Waals surface area contributed by atoms with Gasteiger partial charge >= 0.3 is 6.18 Å². The van der Waals surface area contributed by atoms with Gasteiger partial charge in [0.05, 0.1) is 18.7 Å². The second kappa shape index (κ2) is 9.99. The number of hydrogen-bond donors (Lipinski definition) is 3. The maximum atomic E-state index is 12.6. The Morgan fingerprint density at radius 3 is 2.77 bits per heavy atom. The molecule has 2 aromatic rings. The lowest BCUT2D eigenvalue weighted by atomic mass is 10.1. The van der Waals surface area contributed by atoms with Crippen LogP contribution in [-0.2, 0) is 19.1 Å². The van der Waals surface area contributed by atoms with Gasteiger partial charge in [-0.25, -0.2) is 9.67 Å². The topological polar surface area (TPSA) is 96.6 Å². The van der Waals surface area contributed by atoms with Gasteiger partial charge in [0.25, 0.3) is 0 Å². The van der Waals surface area contributed by atoms with E-state index in [1.165, 1.54) is 12.1 Å². The van der Waals surface area contributed by atoms with Crippen LogP contribution in [0.4, 0.5) is 13.2 Å². The predicted octanol–water partition coefficient (Wildman–Crippen LogP) is 1.92. The molecule has 3 N–H and O–H groups in total. The van der Waals surface area contributed by atoms with Crippen LogP contribution < -0.4 is 15.4 Å². The van der Waals surface area contributed by atoms with Crippen molar-refractivity contribution in [2.24, 2.45) is 4.99 Å². The molecule has 11 heteroatoms. The lowest BCUT2D eigenvalue weighted by Crippen LogP contribution is -2.47. The summed E-state index contributed by atoms with van der Waals surface area (Å²) in [5.41, 5.74) is -0.748. The van der Waals surface area contributed by atoms with Crippen molar-refractivity contribution in [2.75, 3.05) is 19.7 Å². The van der Waals surface area contributed by atoms with Gasteiger partial charge in [-0.05, 0) is 44.5 Å². The summed E-state index contributed by atoms with van der Waals surface area (Å²) in [4.78, 5) is 8.80. The third-order valence-electron chi connectivity index (χ3n) is 4.73. The lowest BCUT2D eigenvalue weighted by molar-refractivity contribution is -0.137. The fraction of sp³-hybridized carbons (Fsp3) is 0.550. The number of fused-ring (bicyclic) bond motifs is 1. The number of aliphatic imine (C=N–C) groups is 1. The Labute approximate surface area is 178 Å². The average Bonchev–Trinajstić information content (AvgIpc) is 3.09. The van der Waals surface area contributed by atoms with E-state index in [-0.39, 0.29) is 24.9 Å². The standard InChI is InChI=1S/C20H27F3N6O2/c1-3-24-19(27-15-6-9-18-26-13(2)28-29(18)11-15)25-10-16(30)12-31-17-7-4-14(5-8-17)20(21,22)23/h4-5,7-8,15-16,30H,3,6,9-12H2,1-2H3,(H2,24,25,27). The van der Waals surface area contributed by atoms with E-state index in [9.17, 15) is 18.3 Å². The van der Waals surface area contributed by atoms with Gasteiger partial charge in [-0.1, -0.05) is 0 Å². The highest BCUT2D eigenvalue weighted by molar-refractivity contribution is 5.80. The van der Waals surface area contributed by atoms with Crippen LogP contribution in [-0.4, -0.2) is 57.7 Å². The van der Waals surface area contributed by atoms with Crippen LogP contribution in [0.2, 0.25) is 0 Å². The van der Waals surface area contributed by atoms with E-state index in [1.807, 2.05) is 18.5 Å². The lowest BCUT2D eigenvalue weighted by Gasteiger charge is -2.25. The summed E-state index contributed by atoms with van der Waals surface area (Å²) in [5.74, 6) is 2.56. The monoisotopic (exact) mass is 440 g/mol. The molecule has 31 heavy (non-hydrogen) atoms. The van der Waals surface area contributed by atoms with Crippen LogP contribution in [0.15, 0.2) is 29.3 Å². The third kappa shape index (κ3) is 6.58. The molecule has 0 radical (unpaired) electrons. The number of guanidine groups is 1. The van der Waals surface area contributed by atoms with Crippen molar-refractivity contribution >= 4 is 5.96 Å². The summed E-state index contributed by atoms with van der Waals surface area (Å²) in [6, 6.07) is 4.48. The molecular weight excluding hydrogens is 413 g/mol. The molecule has 8 nitrogen and oxygen atoms in total. The predicted molar refractivity (Wildman–Crippen MR) is 109 cm³/mol. The Morgan fingerprint density at radius 1 is 1.35 bits per heavy atom. The van der Waals surface area contributed by atoms with E-state index in [0.717, 1.165) is 36.6 Å². The number of aliphatic hydroxyl groups is 1. The first-order valence-electron chi connectivity index (χ1n) is 10.2. The van der Waals surface area contributed by atoms with Gasteiger partial charge < -0.3 is 20.5 Å². The largest absolute Gasteiger partial charge is 0.491 e. The van der Waals surface area contributed by atoms with Crippen molar-refractivity contribution in [1.29, 1.82) is 0 Å². The first kappa shape index (κ1) is 22.9. The van der Waals surface area contributed by atoms with E-state index >= 15 is 0 Å². The normalized spacial score (nSPS) is 17.7. The van der Waals surface area contributed by atoms with Gasteiger partial charge in [0.2, 0.25) is 0 Å². The molecule has 2 atom stereocenters. The molecule has 0 bridgehead atoms. The van der Waals surface area contributed by atoms with Crippen LogP contribution in [0.5, 0.6) is 5.75 Å². The molecule has 1 aromatic heterocycles. The summed E-state index contributed by atoms with van der Waals surface area (Å²) in [5, 5.41) is 21.0. The molecule has 170 valence electrons. The van der Waals surface area contributed by atoms with E-state index < -0.39 is 17.8 Å². The molecule has 1 aliphatic heterocycles. The third-order valence-corrected chi connectivity index (χ3v) is 4.73. The molecule has 0 fully saturated rings. The molecule has 2 heterocycles. The number of nitrogens with one attached hydrogen (secondary N) is 2. The molecular formula is C20H27F3N6O2. The van der Waals surface area contributed by atoms with Gasteiger partial charge in [0.15, 0.2) is 5.96 Å².